The van der Waals surface area contributed by atoms with Crippen molar-refractivity contribution >= 4 is 17.5 Å². The average molecular weight is 286 g/mol. The van der Waals surface area contributed by atoms with Gasteiger partial charge in [0, 0.05) is 5.57 Å². The molecule has 1 aromatic carbocycles. The lowest BCUT2D eigenvalue weighted by molar-refractivity contribution is -0.150. The minimum atomic E-state index is -0.207. The summed E-state index contributed by atoms with van der Waals surface area (Å²) in [6.07, 6.45) is 6.17. The first-order valence-corrected chi connectivity index (χ1v) is 7.69. The number of aryl methyl sites for hydroxylation is 1. The summed E-state index contributed by atoms with van der Waals surface area (Å²) in [5, 5.41) is 0. The lowest BCUT2D eigenvalue weighted by Gasteiger charge is -2.21. The van der Waals surface area contributed by atoms with Crippen molar-refractivity contribution in [2.45, 2.75) is 58.0 Å². The van der Waals surface area contributed by atoms with Crippen LogP contribution in [0.4, 0.5) is 0 Å². The molecule has 0 unspecified atom stereocenters. The topological polar surface area (TPSA) is 43.4 Å². The third kappa shape index (κ3) is 4.87. The Hall–Kier alpha value is -1.86. The van der Waals surface area contributed by atoms with Crippen LogP contribution in [0, 0.1) is 6.92 Å². The van der Waals surface area contributed by atoms with Crippen molar-refractivity contribution in [1.29, 1.82) is 0 Å². The minimum Gasteiger partial charge on any atom is -0.462 e. The van der Waals surface area contributed by atoms with Crippen LogP contribution in [0.25, 0.3) is 5.57 Å². The molecule has 0 saturated heterocycles. The molecule has 0 N–H and O–H groups in total. The van der Waals surface area contributed by atoms with Crippen LogP contribution in [0.5, 0.6) is 0 Å². The molecule has 0 aromatic heterocycles. The van der Waals surface area contributed by atoms with E-state index in [1.165, 1.54) is 6.42 Å². The molecular weight excluding hydrogens is 264 g/mol. The monoisotopic (exact) mass is 286 g/mol. The summed E-state index contributed by atoms with van der Waals surface area (Å²) < 4.78 is 5.46. The maximum Gasteiger partial charge on any atom is 0.306 e. The Morgan fingerprint density at radius 2 is 1.81 bits per heavy atom. The molecule has 1 saturated carbocycles. The number of hydrogen-bond donors (Lipinski definition) is 0. The molecule has 2 rings (SSSR count). The van der Waals surface area contributed by atoms with Crippen LogP contribution < -0.4 is 0 Å². The van der Waals surface area contributed by atoms with Gasteiger partial charge < -0.3 is 4.74 Å². The molecule has 1 aliphatic rings. The predicted molar refractivity (Wildman–Crippen MR) is 82.5 cm³/mol. The standard InChI is InChI=1S/C18H22O3/c1-14-7-9-15(10-8-14)16(13-19)11-12-18(20)21-17-5-3-2-4-6-17/h7-10,17H,2-6,11-12H2,1H3. The second-order valence-corrected chi connectivity index (χ2v) is 5.70. The van der Waals surface area contributed by atoms with Crippen LogP contribution in [-0.4, -0.2) is 18.0 Å². The van der Waals surface area contributed by atoms with Gasteiger partial charge in [0.2, 0.25) is 0 Å². The van der Waals surface area contributed by atoms with E-state index in [1.807, 2.05) is 37.1 Å². The van der Waals surface area contributed by atoms with Crippen molar-refractivity contribution in [3.63, 3.8) is 0 Å². The Morgan fingerprint density at radius 3 is 2.43 bits per heavy atom. The van der Waals surface area contributed by atoms with E-state index in [0.29, 0.717) is 12.0 Å². The second-order valence-electron chi connectivity index (χ2n) is 5.70. The lowest BCUT2D eigenvalue weighted by atomic mass is 9.97. The summed E-state index contributed by atoms with van der Waals surface area (Å²) in [6, 6.07) is 7.68. The van der Waals surface area contributed by atoms with E-state index in [1.54, 1.807) is 0 Å². The molecule has 0 heterocycles. The Labute approximate surface area is 126 Å². The van der Waals surface area contributed by atoms with Crippen molar-refractivity contribution in [2.24, 2.45) is 0 Å². The normalized spacial score (nSPS) is 15.3. The van der Waals surface area contributed by atoms with E-state index in [0.717, 1.165) is 36.8 Å². The number of ether oxygens (including phenoxy) is 1. The summed E-state index contributed by atoms with van der Waals surface area (Å²) in [4.78, 5) is 22.9. The molecule has 0 atom stereocenters. The largest absolute Gasteiger partial charge is 0.462 e. The predicted octanol–water partition coefficient (Wildman–Crippen LogP) is 3.87. The van der Waals surface area contributed by atoms with Gasteiger partial charge in [0.25, 0.3) is 0 Å². The third-order valence-corrected chi connectivity index (χ3v) is 3.95. The maximum absolute atomic E-state index is 11.9. The Bertz CT molecular complexity index is 518. The van der Waals surface area contributed by atoms with Gasteiger partial charge in [-0.05, 0) is 44.6 Å². The highest BCUT2D eigenvalue weighted by Gasteiger charge is 2.18. The fourth-order valence-corrected chi connectivity index (χ4v) is 2.66. The summed E-state index contributed by atoms with van der Waals surface area (Å²) >= 11 is 0. The molecule has 1 fully saturated rings. The molecule has 0 bridgehead atoms. The summed E-state index contributed by atoms with van der Waals surface area (Å²) in [5.74, 6) is 1.75. The number of benzene rings is 1. The molecule has 3 heteroatoms. The van der Waals surface area contributed by atoms with Gasteiger partial charge in [-0.3, -0.25) is 4.79 Å². The second kappa shape index (κ2) is 7.80. The molecule has 1 aliphatic carbocycles. The average Bonchev–Trinajstić information content (AvgIpc) is 2.50. The molecule has 21 heavy (non-hydrogen) atoms. The van der Waals surface area contributed by atoms with E-state index in [9.17, 15) is 9.59 Å². The van der Waals surface area contributed by atoms with Gasteiger partial charge in [-0.1, -0.05) is 36.2 Å². The minimum absolute atomic E-state index is 0.0780. The first-order chi connectivity index (χ1) is 10.2. The van der Waals surface area contributed by atoms with E-state index >= 15 is 0 Å². The zero-order chi connectivity index (χ0) is 15.1. The lowest BCUT2D eigenvalue weighted by Crippen LogP contribution is -2.20. The van der Waals surface area contributed by atoms with Crippen LogP contribution in [0.2, 0.25) is 0 Å². The zero-order valence-electron chi connectivity index (χ0n) is 12.6. The van der Waals surface area contributed by atoms with Crippen molar-refractivity contribution in [1.82, 2.24) is 0 Å². The smallest absolute Gasteiger partial charge is 0.306 e. The molecule has 112 valence electrons. The number of allylic oxidation sites excluding steroid dienone is 1. The van der Waals surface area contributed by atoms with Gasteiger partial charge in [-0.15, -0.1) is 0 Å². The van der Waals surface area contributed by atoms with Crippen molar-refractivity contribution in [3.05, 3.63) is 35.4 Å². The molecule has 0 radical (unpaired) electrons. The van der Waals surface area contributed by atoms with Crippen LogP contribution in [0.1, 0.15) is 56.1 Å². The highest BCUT2D eigenvalue weighted by atomic mass is 16.5. The summed E-state index contributed by atoms with van der Waals surface area (Å²) in [6.45, 7) is 2.00. The number of rotatable bonds is 5. The van der Waals surface area contributed by atoms with E-state index < -0.39 is 0 Å². The Kier molecular flexibility index (Phi) is 5.77. The van der Waals surface area contributed by atoms with E-state index in [4.69, 9.17) is 4.74 Å². The van der Waals surface area contributed by atoms with Crippen LogP contribution in [0.3, 0.4) is 0 Å². The number of esters is 1. The van der Waals surface area contributed by atoms with Crippen molar-refractivity contribution in [2.75, 3.05) is 0 Å². The molecule has 0 spiro atoms. The number of hydrogen-bond acceptors (Lipinski definition) is 3. The summed E-state index contributed by atoms with van der Waals surface area (Å²) in [7, 11) is 0. The maximum atomic E-state index is 11.9. The number of carbonyl (C=O) groups is 1. The Morgan fingerprint density at radius 1 is 1.14 bits per heavy atom. The van der Waals surface area contributed by atoms with E-state index in [-0.39, 0.29) is 18.5 Å². The fourth-order valence-electron chi connectivity index (χ4n) is 2.66. The number of carbonyl (C=O) groups excluding carboxylic acids is 2. The van der Waals surface area contributed by atoms with Gasteiger partial charge in [0.15, 0.2) is 0 Å². The third-order valence-electron chi connectivity index (χ3n) is 3.95. The Balaban J connectivity index is 1.84. The molecule has 0 aliphatic heterocycles. The van der Waals surface area contributed by atoms with Gasteiger partial charge in [-0.2, -0.15) is 0 Å². The van der Waals surface area contributed by atoms with E-state index in [2.05, 4.69) is 0 Å². The zero-order valence-corrected chi connectivity index (χ0v) is 12.6. The highest BCUT2D eigenvalue weighted by Crippen LogP contribution is 2.22. The summed E-state index contributed by atoms with van der Waals surface area (Å²) in [5.41, 5.74) is 2.51. The van der Waals surface area contributed by atoms with Gasteiger partial charge >= 0.3 is 5.97 Å². The highest BCUT2D eigenvalue weighted by molar-refractivity contribution is 5.89. The molecule has 3 nitrogen and oxygen atoms in total. The van der Waals surface area contributed by atoms with Crippen molar-refractivity contribution in [3.8, 4) is 0 Å². The first kappa shape index (κ1) is 15.5. The van der Waals surface area contributed by atoms with Crippen LogP contribution in [0.15, 0.2) is 24.3 Å². The quantitative estimate of drug-likeness (QED) is 0.609. The molecule has 0 amide bonds. The van der Waals surface area contributed by atoms with Crippen LogP contribution >= 0.6 is 0 Å². The van der Waals surface area contributed by atoms with Gasteiger partial charge in [-0.25, -0.2) is 4.79 Å². The van der Waals surface area contributed by atoms with Crippen molar-refractivity contribution < 1.29 is 14.3 Å². The SMILES string of the molecule is Cc1ccc(C(=C=O)CCC(=O)OC2CCCCC2)cc1. The van der Waals surface area contributed by atoms with Gasteiger partial charge in [0.05, 0.1) is 6.42 Å². The molecule has 1 aromatic rings. The first-order valence-electron chi connectivity index (χ1n) is 7.69. The van der Waals surface area contributed by atoms with Gasteiger partial charge in [0.1, 0.15) is 12.0 Å². The fraction of sp³-hybridized carbons (Fsp3) is 0.500. The molecular formula is C18H22O3. The van der Waals surface area contributed by atoms with Crippen LogP contribution in [-0.2, 0) is 14.3 Å².